The van der Waals surface area contributed by atoms with Crippen LogP contribution >= 0.6 is 15.9 Å². The lowest BCUT2D eigenvalue weighted by Gasteiger charge is -2.01. The molecule has 76 valence electrons. The molecule has 2 rings (SSSR count). The molecule has 2 heterocycles. The largest absolute Gasteiger partial charge is 0.305 e. The maximum atomic E-state index is 11.5. The van der Waals surface area contributed by atoms with Crippen molar-refractivity contribution in [3.05, 3.63) is 34.7 Å². The van der Waals surface area contributed by atoms with E-state index < -0.39 is 0 Å². The number of H-pyrrole nitrogens is 1. The fraction of sp³-hybridized carbons (Fsp3) is 0. The Labute approximate surface area is 93.2 Å². The Morgan fingerprint density at radius 2 is 2.40 bits per heavy atom. The summed E-state index contributed by atoms with van der Waals surface area (Å²) in [5.74, 6) is 0.103. The number of carbonyl (C=O) groups excluding carboxylic acids is 1. The summed E-state index contributed by atoms with van der Waals surface area (Å²) in [5, 5.41) is 12.1. The summed E-state index contributed by atoms with van der Waals surface area (Å²) >= 11 is 3.28. The Kier molecular flexibility index (Phi) is 2.72. The quantitative estimate of drug-likeness (QED) is 0.857. The van der Waals surface area contributed by atoms with Gasteiger partial charge in [0.2, 0.25) is 0 Å². The van der Waals surface area contributed by atoms with Gasteiger partial charge >= 0.3 is 0 Å². The van der Waals surface area contributed by atoms with Gasteiger partial charge in [-0.25, -0.2) is 4.98 Å². The fourth-order valence-corrected chi connectivity index (χ4v) is 1.30. The average Bonchev–Trinajstić information content (AvgIpc) is 2.70. The van der Waals surface area contributed by atoms with Gasteiger partial charge in [0.25, 0.3) is 5.91 Å². The van der Waals surface area contributed by atoms with E-state index in [0.29, 0.717) is 5.82 Å². The summed E-state index contributed by atoms with van der Waals surface area (Å²) in [6, 6.07) is 3.46. The number of hydrogen-bond donors (Lipinski definition) is 2. The number of pyridine rings is 1. The molecule has 1 amide bonds. The van der Waals surface area contributed by atoms with Crippen molar-refractivity contribution in [2.24, 2.45) is 0 Å². The number of amides is 1. The van der Waals surface area contributed by atoms with Crippen molar-refractivity contribution in [3.8, 4) is 0 Å². The molecule has 0 aliphatic heterocycles. The van der Waals surface area contributed by atoms with Gasteiger partial charge in [-0.2, -0.15) is 15.4 Å². The SMILES string of the molecule is O=C(Nc1cc(Br)ccn1)c1cn[nH]n1. The third-order valence-electron chi connectivity index (χ3n) is 1.61. The lowest BCUT2D eigenvalue weighted by Crippen LogP contribution is -2.13. The minimum absolute atomic E-state index is 0.219. The monoisotopic (exact) mass is 267 g/mol. The fourth-order valence-electron chi connectivity index (χ4n) is 0.964. The highest BCUT2D eigenvalue weighted by Crippen LogP contribution is 2.12. The van der Waals surface area contributed by atoms with E-state index in [9.17, 15) is 4.79 Å². The topological polar surface area (TPSA) is 83.6 Å². The van der Waals surface area contributed by atoms with Crippen molar-refractivity contribution in [1.82, 2.24) is 20.4 Å². The van der Waals surface area contributed by atoms with E-state index in [1.165, 1.54) is 6.20 Å². The zero-order valence-corrected chi connectivity index (χ0v) is 9.02. The van der Waals surface area contributed by atoms with Crippen molar-refractivity contribution in [2.75, 3.05) is 5.32 Å². The van der Waals surface area contributed by atoms with Gasteiger partial charge in [0.1, 0.15) is 5.82 Å². The standard InChI is InChI=1S/C8H6BrN5O/c9-5-1-2-10-7(3-5)12-8(15)6-4-11-14-13-6/h1-4H,(H,10,12,15)(H,11,13,14). The molecule has 0 unspecified atom stereocenters. The number of halogens is 1. The van der Waals surface area contributed by atoms with Crippen LogP contribution in [-0.2, 0) is 0 Å². The second-order valence-corrected chi connectivity index (χ2v) is 3.58. The third kappa shape index (κ3) is 2.38. The molecule has 0 aliphatic rings. The van der Waals surface area contributed by atoms with Gasteiger partial charge in [-0.3, -0.25) is 4.79 Å². The number of hydrogen-bond acceptors (Lipinski definition) is 4. The van der Waals surface area contributed by atoms with E-state index in [1.807, 2.05) is 0 Å². The van der Waals surface area contributed by atoms with Gasteiger partial charge in [0.15, 0.2) is 5.69 Å². The normalized spacial score (nSPS) is 9.93. The number of aromatic amines is 1. The molecular weight excluding hydrogens is 262 g/mol. The first-order valence-electron chi connectivity index (χ1n) is 4.04. The van der Waals surface area contributed by atoms with Crippen LogP contribution in [-0.4, -0.2) is 26.3 Å². The number of rotatable bonds is 2. The van der Waals surface area contributed by atoms with Gasteiger partial charge in [-0.1, -0.05) is 15.9 Å². The molecule has 0 aliphatic carbocycles. The minimum Gasteiger partial charge on any atom is -0.305 e. The summed E-state index contributed by atoms with van der Waals surface area (Å²) < 4.78 is 0.841. The van der Waals surface area contributed by atoms with E-state index in [4.69, 9.17) is 0 Å². The molecule has 0 atom stereocenters. The summed E-state index contributed by atoms with van der Waals surface area (Å²) in [6.07, 6.45) is 2.93. The summed E-state index contributed by atoms with van der Waals surface area (Å²) in [5.41, 5.74) is 0.219. The maximum Gasteiger partial charge on any atom is 0.278 e. The number of anilines is 1. The molecule has 0 saturated heterocycles. The highest BCUT2D eigenvalue weighted by atomic mass is 79.9. The molecule has 15 heavy (non-hydrogen) atoms. The van der Waals surface area contributed by atoms with E-state index in [-0.39, 0.29) is 11.6 Å². The van der Waals surface area contributed by atoms with Crippen LogP contribution < -0.4 is 5.32 Å². The van der Waals surface area contributed by atoms with Crippen molar-refractivity contribution in [2.45, 2.75) is 0 Å². The summed E-state index contributed by atoms with van der Waals surface area (Å²) in [6.45, 7) is 0. The van der Waals surface area contributed by atoms with E-state index in [1.54, 1.807) is 18.3 Å². The molecule has 2 N–H and O–H groups in total. The second-order valence-electron chi connectivity index (χ2n) is 2.67. The predicted molar refractivity (Wildman–Crippen MR) is 56.3 cm³/mol. The van der Waals surface area contributed by atoms with Gasteiger partial charge in [-0.15, -0.1) is 0 Å². The Hall–Kier alpha value is -1.76. The molecule has 6 nitrogen and oxygen atoms in total. The smallest absolute Gasteiger partial charge is 0.278 e. The van der Waals surface area contributed by atoms with Crippen molar-refractivity contribution in [3.63, 3.8) is 0 Å². The van der Waals surface area contributed by atoms with Gasteiger partial charge in [0.05, 0.1) is 6.20 Å². The summed E-state index contributed by atoms with van der Waals surface area (Å²) in [7, 11) is 0. The minimum atomic E-state index is -0.352. The first-order chi connectivity index (χ1) is 7.25. The van der Waals surface area contributed by atoms with Crippen LogP contribution in [0.5, 0.6) is 0 Å². The zero-order chi connectivity index (χ0) is 10.7. The molecule has 0 fully saturated rings. The van der Waals surface area contributed by atoms with Crippen LogP contribution in [0.4, 0.5) is 5.82 Å². The van der Waals surface area contributed by atoms with Gasteiger partial charge in [-0.05, 0) is 12.1 Å². The highest BCUT2D eigenvalue weighted by Gasteiger charge is 2.09. The third-order valence-corrected chi connectivity index (χ3v) is 2.10. The highest BCUT2D eigenvalue weighted by molar-refractivity contribution is 9.10. The second kappa shape index (κ2) is 4.18. The van der Waals surface area contributed by atoms with E-state index in [0.717, 1.165) is 4.47 Å². The first kappa shape index (κ1) is 9.78. The number of nitrogens with one attached hydrogen (secondary N) is 2. The Balaban J connectivity index is 2.13. The van der Waals surface area contributed by atoms with E-state index in [2.05, 4.69) is 41.6 Å². The zero-order valence-electron chi connectivity index (χ0n) is 7.44. The number of nitrogens with zero attached hydrogens (tertiary/aromatic N) is 3. The lowest BCUT2D eigenvalue weighted by atomic mass is 10.4. The van der Waals surface area contributed by atoms with Crippen LogP contribution in [0.15, 0.2) is 29.0 Å². The van der Waals surface area contributed by atoms with Crippen LogP contribution in [0.3, 0.4) is 0 Å². The first-order valence-corrected chi connectivity index (χ1v) is 4.83. The molecule has 0 radical (unpaired) electrons. The summed E-state index contributed by atoms with van der Waals surface area (Å²) in [4.78, 5) is 15.5. The Bertz CT molecular complexity index is 470. The van der Waals surface area contributed by atoms with Crippen LogP contribution in [0.25, 0.3) is 0 Å². The number of carbonyl (C=O) groups is 1. The van der Waals surface area contributed by atoms with E-state index >= 15 is 0 Å². The van der Waals surface area contributed by atoms with Gasteiger partial charge < -0.3 is 5.32 Å². The molecule has 2 aromatic rings. The molecule has 0 saturated carbocycles. The molecule has 0 bridgehead atoms. The van der Waals surface area contributed by atoms with Crippen molar-refractivity contribution >= 4 is 27.7 Å². The predicted octanol–water partition coefficient (Wildman–Crippen LogP) is 1.21. The maximum absolute atomic E-state index is 11.5. The van der Waals surface area contributed by atoms with Gasteiger partial charge in [0, 0.05) is 10.7 Å². The lowest BCUT2D eigenvalue weighted by molar-refractivity contribution is 0.102. The molecular formula is C8H6BrN5O. The Morgan fingerprint density at radius 3 is 3.07 bits per heavy atom. The molecule has 0 spiro atoms. The van der Waals surface area contributed by atoms with Crippen LogP contribution in [0.1, 0.15) is 10.5 Å². The van der Waals surface area contributed by atoms with Crippen molar-refractivity contribution < 1.29 is 4.79 Å². The number of aromatic nitrogens is 4. The average molecular weight is 268 g/mol. The van der Waals surface area contributed by atoms with Crippen LogP contribution in [0, 0.1) is 0 Å². The van der Waals surface area contributed by atoms with Crippen molar-refractivity contribution in [1.29, 1.82) is 0 Å². The molecule has 2 aromatic heterocycles. The van der Waals surface area contributed by atoms with Crippen LogP contribution in [0.2, 0.25) is 0 Å². The molecule has 7 heteroatoms. The Morgan fingerprint density at radius 1 is 1.53 bits per heavy atom. The molecule has 0 aromatic carbocycles.